The summed E-state index contributed by atoms with van der Waals surface area (Å²) in [4.78, 5) is 0. The molecule has 0 aliphatic heterocycles. The standard InChI is InChI=1S/C3H4F3S/c1-2(7)3(4,5)6/h2H,1H3/t2-/m1/s1. The van der Waals surface area contributed by atoms with Crippen molar-refractivity contribution >= 4 is 12.6 Å². The van der Waals surface area contributed by atoms with Crippen molar-refractivity contribution in [3.05, 3.63) is 0 Å². The third-order valence-electron chi connectivity index (χ3n) is 0.461. The van der Waals surface area contributed by atoms with Gasteiger partial charge in [0.25, 0.3) is 0 Å². The molecule has 0 saturated carbocycles. The first-order chi connectivity index (χ1) is 2.94. The highest BCUT2D eigenvalue weighted by molar-refractivity contribution is 7.81. The van der Waals surface area contributed by atoms with Crippen LogP contribution in [0.15, 0.2) is 0 Å². The van der Waals surface area contributed by atoms with Crippen LogP contribution in [-0.2, 0) is 0 Å². The van der Waals surface area contributed by atoms with E-state index in [0.29, 0.717) is 0 Å². The number of alkyl halides is 3. The number of hydrogen-bond donors (Lipinski definition) is 0. The first kappa shape index (κ1) is 7.14. The second-order valence-corrected chi connectivity index (χ2v) is 1.89. The van der Waals surface area contributed by atoms with Gasteiger partial charge in [-0.05, 0) is 6.92 Å². The highest BCUT2D eigenvalue weighted by atomic mass is 32.1. The van der Waals surface area contributed by atoms with Crippen molar-refractivity contribution in [3.63, 3.8) is 0 Å². The Morgan fingerprint density at radius 1 is 1.43 bits per heavy atom. The van der Waals surface area contributed by atoms with Gasteiger partial charge < -0.3 is 0 Å². The zero-order valence-electron chi connectivity index (χ0n) is 3.62. The van der Waals surface area contributed by atoms with Crippen molar-refractivity contribution < 1.29 is 13.2 Å². The zero-order valence-corrected chi connectivity index (χ0v) is 4.44. The second-order valence-electron chi connectivity index (χ2n) is 1.18. The quantitative estimate of drug-likeness (QED) is 0.470. The Bertz CT molecular complexity index is 55.7. The average Bonchev–Trinajstić information content (AvgIpc) is 1.31. The fourth-order valence-electron chi connectivity index (χ4n) is 0. The van der Waals surface area contributed by atoms with Crippen LogP contribution in [-0.4, -0.2) is 11.4 Å². The highest BCUT2D eigenvalue weighted by Gasteiger charge is 2.33. The first-order valence-corrected chi connectivity index (χ1v) is 2.14. The second kappa shape index (κ2) is 1.94. The van der Waals surface area contributed by atoms with Crippen molar-refractivity contribution in [2.24, 2.45) is 0 Å². The molecule has 0 heterocycles. The van der Waals surface area contributed by atoms with Gasteiger partial charge in [0.05, 0.1) is 0 Å². The average molecular weight is 129 g/mol. The molecule has 0 nitrogen and oxygen atoms in total. The van der Waals surface area contributed by atoms with Crippen LogP contribution >= 0.6 is 12.6 Å². The number of rotatable bonds is 0. The van der Waals surface area contributed by atoms with E-state index in [0.717, 1.165) is 6.92 Å². The molecule has 0 aliphatic carbocycles. The Balaban J connectivity index is 3.54. The molecule has 0 aliphatic rings. The smallest absolute Gasteiger partial charge is 0.170 e. The van der Waals surface area contributed by atoms with Gasteiger partial charge in [-0.25, -0.2) is 0 Å². The molecule has 1 atom stereocenters. The monoisotopic (exact) mass is 129 g/mol. The van der Waals surface area contributed by atoms with Gasteiger partial charge in [0.15, 0.2) is 0 Å². The summed E-state index contributed by atoms with van der Waals surface area (Å²) in [6, 6.07) is 0. The molecule has 0 aromatic rings. The molecule has 0 fully saturated rings. The minimum Gasteiger partial charge on any atom is -0.170 e. The van der Waals surface area contributed by atoms with Crippen molar-refractivity contribution in [3.8, 4) is 0 Å². The van der Waals surface area contributed by atoms with Crippen LogP contribution in [0, 0.1) is 0 Å². The maximum absolute atomic E-state index is 11.1. The van der Waals surface area contributed by atoms with Crippen LogP contribution in [0.25, 0.3) is 0 Å². The van der Waals surface area contributed by atoms with E-state index in [2.05, 4.69) is 12.6 Å². The molecule has 0 amide bonds. The molecule has 0 N–H and O–H groups in total. The van der Waals surface area contributed by atoms with Gasteiger partial charge in [-0.3, -0.25) is 0 Å². The van der Waals surface area contributed by atoms with E-state index >= 15 is 0 Å². The Morgan fingerprint density at radius 2 is 1.57 bits per heavy atom. The van der Waals surface area contributed by atoms with Gasteiger partial charge in [-0.2, -0.15) is 13.2 Å². The summed E-state index contributed by atoms with van der Waals surface area (Å²) < 4.78 is 33.2. The minimum atomic E-state index is -4.19. The lowest BCUT2D eigenvalue weighted by Crippen LogP contribution is -2.19. The summed E-state index contributed by atoms with van der Waals surface area (Å²) in [6.07, 6.45) is -4.19. The molecule has 0 rings (SSSR count). The molecule has 0 bridgehead atoms. The molecule has 7 heavy (non-hydrogen) atoms. The predicted molar refractivity (Wildman–Crippen MR) is 23.1 cm³/mol. The van der Waals surface area contributed by atoms with E-state index in [1.165, 1.54) is 0 Å². The highest BCUT2D eigenvalue weighted by Crippen LogP contribution is 2.23. The third kappa shape index (κ3) is 2.79. The Morgan fingerprint density at radius 3 is 1.57 bits per heavy atom. The largest absolute Gasteiger partial charge is 0.401 e. The normalized spacial score (nSPS) is 16.7. The van der Waals surface area contributed by atoms with Gasteiger partial charge in [-0.15, -0.1) is 0 Å². The molecule has 43 valence electrons. The Hall–Kier alpha value is 0.140. The maximum atomic E-state index is 11.1. The van der Waals surface area contributed by atoms with Crippen molar-refractivity contribution in [2.45, 2.75) is 18.3 Å². The van der Waals surface area contributed by atoms with E-state index < -0.39 is 11.4 Å². The number of halogens is 3. The Labute approximate surface area is 45.1 Å². The van der Waals surface area contributed by atoms with Gasteiger partial charge in [0.1, 0.15) is 5.25 Å². The van der Waals surface area contributed by atoms with Gasteiger partial charge >= 0.3 is 6.18 Å². The SMILES string of the molecule is C[C@@H]([S])C(F)(F)F. The van der Waals surface area contributed by atoms with E-state index in [1.807, 2.05) is 0 Å². The molecule has 0 spiro atoms. The molecular formula is C3H4F3S. The van der Waals surface area contributed by atoms with E-state index in [-0.39, 0.29) is 0 Å². The van der Waals surface area contributed by atoms with Crippen LogP contribution < -0.4 is 0 Å². The van der Waals surface area contributed by atoms with Crippen LogP contribution in [0.4, 0.5) is 13.2 Å². The summed E-state index contributed by atoms with van der Waals surface area (Å²) >= 11 is 3.89. The molecule has 0 aromatic carbocycles. The fourth-order valence-corrected chi connectivity index (χ4v) is 0. The van der Waals surface area contributed by atoms with Gasteiger partial charge in [0, 0.05) is 0 Å². The molecule has 0 saturated heterocycles. The van der Waals surface area contributed by atoms with Crippen molar-refractivity contribution in [1.29, 1.82) is 0 Å². The van der Waals surface area contributed by atoms with E-state index in [1.54, 1.807) is 0 Å². The summed E-state index contributed by atoms with van der Waals surface area (Å²) in [6.45, 7) is 0.940. The topological polar surface area (TPSA) is 0 Å². The summed E-state index contributed by atoms with van der Waals surface area (Å²) in [7, 11) is 0. The van der Waals surface area contributed by atoms with E-state index in [9.17, 15) is 13.2 Å². The predicted octanol–water partition coefficient (Wildman–Crippen LogP) is 2.13. The molecule has 4 heteroatoms. The van der Waals surface area contributed by atoms with Crippen LogP contribution in [0.3, 0.4) is 0 Å². The lowest BCUT2D eigenvalue weighted by atomic mass is 10.5. The summed E-state index contributed by atoms with van der Waals surface area (Å²) in [5.74, 6) is 0. The number of hydrogen-bond acceptors (Lipinski definition) is 0. The van der Waals surface area contributed by atoms with Crippen LogP contribution in [0.1, 0.15) is 6.92 Å². The van der Waals surface area contributed by atoms with Crippen molar-refractivity contribution in [2.75, 3.05) is 0 Å². The Kier molecular flexibility index (Phi) is 1.98. The van der Waals surface area contributed by atoms with Crippen LogP contribution in [0.5, 0.6) is 0 Å². The summed E-state index contributed by atoms with van der Waals surface area (Å²) in [5, 5.41) is -1.62. The lowest BCUT2D eigenvalue weighted by Gasteiger charge is -2.05. The van der Waals surface area contributed by atoms with E-state index in [4.69, 9.17) is 0 Å². The van der Waals surface area contributed by atoms with Crippen molar-refractivity contribution in [1.82, 2.24) is 0 Å². The fraction of sp³-hybridized carbons (Fsp3) is 1.00. The molecule has 0 aromatic heterocycles. The molecular weight excluding hydrogens is 125 g/mol. The third-order valence-corrected chi connectivity index (χ3v) is 0.728. The minimum absolute atomic E-state index is 0.940. The molecule has 0 unspecified atom stereocenters. The van der Waals surface area contributed by atoms with Gasteiger partial charge in [0.2, 0.25) is 0 Å². The molecule has 1 radical (unpaired) electrons. The first-order valence-electron chi connectivity index (χ1n) is 1.67. The lowest BCUT2D eigenvalue weighted by molar-refractivity contribution is -0.124. The van der Waals surface area contributed by atoms with Crippen LogP contribution in [0.2, 0.25) is 0 Å². The zero-order chi connectivity index (χ0) is 6.08. The summed E-state index contributed by atoms with van der Waals surface area (Å²) in [5.41, 5.74) is 0. The van der Waals surface area contributed by atoms with Gasteiger partial charge in [-0.1, -0.05) is 12.6 Å². The maximum Gasteiger partial charge on any atom is 0.401 e.